The Balaban J connectivity index is 1.70. The quantitative estimate of drug-likeness (QED) is 0.510. The number of aryl methyl sites for hydroxylation is 1. The predicted molar refractivity (Wildman–Crippen MR) is 136 cm³/mol. The molecule has 3 aromatic rings. The highest BCUT2D eigenvalue weighted by atomic mass is 16.7. The Morgan fingerprint density at radius 2 is 1.35 bits per heavy atom. The molecule has 3 aromatic carbocycles. The third-order valence-electron chi connectivity index (χ3n) is 7.27. The zero-order valence-corrected chi connectivity index (χ0v) is 20.8. The first-order valence-corrected chi connectivity index (χ1v) is 12.0. The predicted octanol–water partition coefficient (Wildman–Crippen LogP) is 4.07. The van der Waals surface area contributed by atoms with Gasteiger partial charge in [0.1, 0.15) is 12.1 Å². The summed E-state index contributed by atoms with van der Waals surface area (Å²) in [6, 6.07) is 24.8. The van der Waals surface area contributed by atoms with Crippen LogP contribution in [0.25, 0.3) is 0 Å². The number of carbonyl (C=O) groups is 3. The molecule has 37 heavy (non-hydrogen) atoms. The smallest absolute Gasteiger partial charge is 0.310 e. The maximum Gasteiger partial charge on any atom is 0.310 e. The van der Waals surface area contributed by atoms with Crippen LogP contribution in [0.3, 0.4) is 0 Å². The molecule has 4 unspecified atom stereocenters. The lowest BCUT2D eigenvalue weighted by Crippen LogP contribution is -2.46. The number of ether oxygens (including phenoxy) is 2. The van der Waals surface area contributed by atoms with Crippen molar-refractivity contribution in [3.63, 3.8) is 0 Å². The fraction of sp³-hybridized carbons (Fsp3) is 0.276. The van der Waals surface area contributed by atoms with E-state index < -0.39 is 47.2 Å². The van der Waals surface area contributed by atoms with Gasteiger partial charge in [-0.2, -0.15) is 0 Å². The van der Waals surface area contributed by atoms with Gasteiger partial charge in [0.15, 0.2) is 0 Å². The molecule has 1 aliphatic heterocycles. The van der Waals surface area contributed by atoms with Gasteiger partial charge in [0.05, 0.1) is 37.2 Å². The maximum absolute atomic E-state index is 14.1. The van der Waals surface area contributed by atoms with E-state index in [2.05, 4.69) is 5.32 Å². The summed E-state index contributed by atoms with van der Waals surface area (Å²) in [5.74, 6) is -3.49. The van der Waals surface area contributed by atoms with Gasteiger partial charge in [-0.3, -0.25) is 19.2 Å². The number of hydrogen-bond donors (Lipinski definition) is 1. The second-order valence-electron chi connectivity index (χ2n) is 9.32. The summed E-state index contributed by atoms with van der Waals surface area (Å²) in [6.07, 6.45) is -0.797. The highest BCUT2D eigenvalue weighted by Crippen LogP contribution is 2.73. The van der Waals surface area contributed by atoms with Crippen LogP contribution in [0.2, 0.25) is 0 Å². The molecule has 1 spiro atoms. The highest BCUT2D eigenvalue weighted by molar-refractivity contribution is 6.02. The molecular formula is C29H28N2O6. The molecule has 0 radical (unpaired) electrons. The normalized spacial score (nSPS) is 26.0. The van der Waals surface area contributed by atoms with Crippen LogP contribution in [-0.4, -0.2) is 38.1 Å². The van der Waals surface area contributed by atoms with Crippen LogP contribution in [0.15, 0.2) is 84.9 Å². The Kier molecular flexibility index (Phi) is 6.43. The van der Waals surface area contributed by atoms with Gasteiger partial charge in [-0.05, 0) is 36.8 Å². The minimum atomic E-state index is -1.27. The van der Waals surface area contributed by atoms with Crippen molar-refractivity contribution in [1.82, 2.24) is 0 Å². The number of anilines is 2. The zero-order valence-electron chi connectivity index (χ0n) is 20.8. The third kappa shape index (κ3) is 4.03. The Morgan fingerprint density at radius 3 is 1.89 bits per heavy atom. The van der Waals surface area contributed by atoms with Gasteiger partial charge in [-0.15, -0.1) is 0 Å². The molecule has 2 aliphatic rings. The van der Waals surface area contributed by atoms with E-state index in [9.17, 15) is 14.4 Å². The fourth-order valence-corrected chi connectivity index (χ4v) is 5.58. The Morgan fingerprint density at radius 1 is 0.811 bits per heavy atom. The van der Waals surface area contributed by atoms with Crippen molar-refractivity contribution in [2.75, 3.05) is 24.6 Å². The van der Waals surface area contributed by atoms with E-state index in [1.54, 1.807) is 12.1 Å². The molecule has 8 heteroatoms. The van der Waals surface area contributed by atoms with E-state index in [4.69, 9.17) is 14.3 Å². The third-order valence-corrected chi connectivity index (χ3v) is 7.27. The summed E-state index contributed by atoms with van der Waals surface area (Å²) in [4.78, 5) is 46.8. The number of nitrogens with zero attached hydrogens (tertiary/aromatic N) is 1. The molecule has 190 valence electrons. The number of methoxy groups -OCH3 is 2. The van der Waals surface area contributed by atoms with Crippen molar-refractivity contribution >= 4 is 29.2 Å². The minimum absolute atomic E-state index is 0.412. The number of amides is 1. The number of rotatable bonds is 6. The Bertz CT molecular complexity index is 1270. The van der Waals surface area contributed by atoms with Crippen LogP contribution < -0.4 is 10.4 Å². The summed E-state index contributed by atoms with van der Waals surface area (Å²) in [5, 5.41) is 4.47. The molecule has 5 rings (SSSR count). The first kappa shape index (κ1) is 24.5. The fourth-order valence-electron chi connectivity index (χ4n) is 5.58. The summed E-state index contributed by atoms with van der Waals surface area (Å²) in [7, 11) is 2.54. The van der Waals surface area contributed by atoms with Gasteiger partial charge >= 0.3 is 11.9 Å². The van der Waals surface area contributed by atoms with Crippen molar-refractivity contribution in [3.05, 3.63) is 96.1 Å². The van der Waals surface area contributed by atoms with Crippen molar-refractivity contribution in [1.29, 1.82) is 0 Å². The second-order valence-corrected chi connectivity index (χ2v) is 9.32. The Labute approximate surface area is 215 Å². The molecule has 4 atom stereocenters. The van der Waals surface area contributed by atoms with Crippen LogP contribution in [0, 0.1) is 24.2 Å². The summed E-state index contributed by atoms with van der Waals surface area (Å²) >= 11 is 0. The largest absolute Gasteiger partial charge is 0.469 e. The van der Waals surface area contributed by atoms with Crippen LogP contribution in [0.5, 0.6) is 0 Å². The molecule has 0 aromatic heterocycles. The number of nitrogens with one attached hydrogen (secondary N) is 1. The number of esters is 2. The molecule has 1 heterocycles. The van der Waals surface area contributed by atoms with Crippen molar-refractivity contribution in [3.8, 4) is 0 Å². The summed E-state index contributed by atoms with van der Waals surface area (Å²) < 4.78 is 10.2. The lowest BCUT2D eigenvalue weighted by atomic mass is 9.82. The number of benzene rings is 3. The van der Waals surface area contributed by atoms with E-state index in [-0.39, 0.29) is 0 Å². The van der Waals surface area contributed by atoms with Gasteiger partial charge in [0.2, 0.25) is 5.91 Å². The average molecular weight is 501 g/mol. The first-order valence-electron chi connectivity index (χ1n) is 12.0. The number of carbonyl (C=O) groups excluding carboxylic acids is 3. The van der Waals surface area contributed by atoms with Crippen LogP contribution in [-0.2, 0) is 28.7 Å². The SMILES string of the molecule is COC(=O)C1C(C(=O)OC)C12C(c1ccccc1)ON(c1ccc(C)cc1)C2C(=O)Nc1ccccc1. The minimum Gasteiger partial charge on any atom is -0.469 e. The molecule has 1 saturated carbocycles. The van der Waals surface area contributed by atoms with Gasteiger partial charge in [-0.25, -0.2) is 5.06 Å². The van der Waals surface area contributed by atoms with Gasteiger partial charge < -0.3 is 14.8 Å². The molecular weight excluding hydrogens is 472 g/mol. The van der Waals surface area contributed by atoms with Crippen LogP contribution in [0.4, 0.5) is 11.4 Å². The summed E-state index contributed by atoms with van der Waals surface area (Å²) in [5.41, 5.74) is 1.70. The topological polar surface area (TPSA) is 94.2 Å². The molecule has 1 amide bonds. The first-order chi connectivity index (χ1) is 17.9. The van der Waals surface area contributed by atoms with E-state index in [1.165, 1.54) is 19.3 Å². The van der Waals surface area contributed by atoms with Crippen molar-refractivity contribution in [2.24, 2.45) is 17.3 Å². The summed E-state index contributed by atoms with van der Waals surface area (Å²) in [6.45, 7) is 1.96. The highest BCUT2D eigenvalue weighted by Gasteiger charge is 2.84. The van der Waals surface area contributed by atoms with Crippen LogP contribution in [0.1, 0.15) is 17.2 Å². The zero-order chi connectivity index (χ0) is 26.2. The molecule has 0 bridgehead atoms. The maximum atomic E-state index is 14.1. The molecule has 2 fully saturated rings. The standard InChI is InChI=1S/C29H28N2O6/c1-18-14-16-21(17-15-18)31-24(26(32)30-20-12-8-5-9-13-20)29(25(37-31)19-10-6-4-7-11-19)22(27(33)35-2)23(29)28(34)36-3/h4-17,22-25H,1-3H3,(H,30,32). The molecule has 1 saturated heterocycles. The monoisotopic (exact) mass is 500 g/mol. The van der Waals surface area contributed by atoms with Crippen molar-refractivity contribution < 1.29 is 28.7 Å². The molecule has 8 nitrogen and oxygen atoms in total. The van der Waals surface area contributed by atoms with Gasteiger partial charge in [0.25, 0.3) is 0 Å². The van der Waals surface area contributed by atoms with Gasteiger partial charge in [0, 0.05) is 5.69 Å². The van der Waals surface area contributed by atoms with E-state index in [1.807, 2.05) is 79.7 Å². The van der Waals surface area contributed by atoms with Crippen LogP contribution >= 0.6 is 0 Å². The van der Waals surface area contributed by atoms with Crippen molar-refractivity contribution in [2.45, 2.75) is 19.1 Å². The van der Waals surface area contributed by atoms with E-state index in [0.29, 0.717) is 11.4 Å². The molecule has 1 aliphatic carbocycles. The lowest BCUT2D eigenvalue weighted by Gasteiger charge is -2.27. The Hall–Kier alpha value is -4.17. The van der Waals surface area contributed by atoms with E-state index >= 15 is 0 Å². The number of para-hydroxylation sites is 1. The number of hydrogen-bond acceptors (Lipinski definition) is 7. The number of hydroxylamine groups is 1. The average Bonchev–Trinajstić information content (AvgIpc) is 3.48. The van der Waals surface area contributed by atoms with E-state index in [0.717, 1.165) is 11.1 Å². The lowest BCUT2D eigenvalue weighted by molar-refractivity contribution is -0.148. The second kappa shape index (κ2) is 9.71. The van der Waals surface area contributed by atoms with Gasteiger partial charge in [-0.1, -0.05) is 66.2 Å². The molecule has 1 N–H and O–H groups in total.